The molecule has 0 radical (unpaired) electrons. The molecule has 162 valence electrons. The average molecular weight is 416 g/mol. The Morgan fingerprint density at radius 2 is 1.90 bits per heavy atom. The van der Waals surface area contributed by atoms with Gasteiger partial charge < -0.3 is 25.4 Å². The molecule has 0 aliphatic heterocycles. The van der Waals surface area contributed by atoms with E-state index in [2.05, 4.69) is 24.1 Å². The van der Waals surface area contributed by atoms with E-state index < -0.39 is 10.8 Å². The van der Waals surface area contributed by atoms with E-state index in [1.807, 2.05) is 6.07 Å². The van der Waals surface area contributed by atoms with Gasteiger partial charge in [-0.1, -0.05) is 19.9 Å². The van der Waals surface area contributed by atoms with Crippen LogP contribution in [0.5, 0.6) is 11.5 Å². The van der Waals surface area contributed by atoms with Gasteiger partial charge in [-0.15, -0.1) is 0 Å². The van der Waals surface area contributed by atoms with E-state index in [0.717, 1.165) is 31.3 Å². The second-order valence-corrected chi connectivity index (χ2v) is 6.57. The average Bonchev–Trinajstić information content (AvgIpc) is 2.75. The normalized spacial score (nSPS) is 10.7. The van der Waals surface area contributed by atoms with Crippen molar-refractivity contribution in [2.24, 2.45) is 0 Å². The monoisotopic (exact) mass is 416 g/mol. The fraction of sp³-hybridized carbons (Fsp3) is 0.381. The highest BCUT2D eigenvalue weighted by atomic mass is 16.6. The maximum Gasteiger partial charge on any atom is 0.292 e. The van der Waals surface area contributed by atoms with Crippen LogP contribution < -0.4 is 20.5 Å². The minimum absolute atomic E-state index is 0.0119. The molecular formula is C21H28N4O5. The SMILES string of the molecule is CCN(CC)CCOc1ccc(CNC(=O)c2ccc(N)c([N+](=O)[O-])c2)cc1OC. The maximum absolute atomic E-state index is 12.4. The molecule has 0 aliphatic carbocycles. The van der Waals surface area contributed by atoms with E-state index in [1.54, 1.807) is 19.2 Å². The summed E-state index contributed by atoms with van der Waals surface area (Å²) < 4.78 is 11.2. The van der Waals surface area contributed by atoms with Crippen molar-refractivity contribution in [2.75, 3.05) is 39.1 Å². The van der Waals surface area contributed by atoms with Gasteiger partial charge >= 0.3 is 0 Å². The van der Waals surface area contributed by atoms with Crippen molar-refractivity contribution in [1.82, 2.24) is 10.2 Å². The van der Waals surface area contributed by atoms with Crippen molar-refractivity contribution in [1.29, 1.82) is 0 Å². The van der Waals surface area contributed by atoms with Gasteiger partial charge in [0.05, 0.1) is 12.0 Å². The molecule has 0 fully saturated rings. The van der Waals surface area contributed by atoms with Crippen LogP contribution >= 0.6 is 0 Å². The number of benzene rings is 2. The molecule has 0 bridgehead atoms. The number of ether oxygens (including phenoxy) is 2. The summed E-state index contributed by atoms with van der Waals surface area (Å²) in [6, 6.07) is 9.39. The number of nitrogens with one attached hydrogen (secondary N) is 1. The molecule has 0 spiro atoms. The van der Waals surface area contributed by atoms with Crippen LogP contribution in [-0.4, -0.2) is 49.1 Å². The van der Waals surface area contributed by atoms with Gasteiger partial charge in [-0.3, -0.25) is 14.9 Å². The standard InChI is InChI=1S/C21H28N4O5/c1-4-24(5-2)10-11-30-19-9-6-15(12-20(19)29-3)14-23-21(26)16-7-8-17(22)18(13-16)25(27)28/h6-9,12-13H,4-5,10-11,14,22H2,1-3H3,(H,23,26). The highest BCUT2D eigenvalue weighted by Gasteiger charge is 2.16. The molecule has 0 aliphatic rings. The Kier molecular flexibility index (Phi) is 8.42. The van der Waals surface area contributed by atoms with Gasteiger partial charge in [0.1, 0.15) is 12.3 Å². The summed E-state index contributed by atoms with van der Waals surface area (Å²) >= 11 is 0. The molecule has 0 atom stereocenters. The fourth-order valence-corrected chi connectivity index (χ4v) is 2.89. The third kappa shape index (κ3) is 6.08. The molecule has 0 saturated carbocycles. The molecule has 0 heterocycles. The lowest BCUT2D eigenvalue weighted by Gasteiger charge is -2.19. The molecule has 9 nitrogen and oxygen atoms in total. The first-order valence-corrected chi connectivity index (χ1v) is 9.73. The first kappa shape index (κ1) is 23.0. The molecule has 30 heavy (non-hydrogen) atoms. The Morgan fingerprint density at radius 3 is 2.53 bits per heavy atom. The van der Waals surface area contributed by atoms with E-state index in [-0.39, 0.29) is 23.5 Å². The molecule has 0 unspecified atom stereocenters. The van der Waals surface area contributed by atoms with Crippen LogP contribution in [0.2, 0.25) is 0 Å². The summed E-state index contributed by atoms with van der Waals surface area (Å²) in [5, 5.41) is 13.7. The molecule has 9 heteroatoms. The van der Waals surface area contributed by atoms with Gasteiger partial charge in [0, 0.05) is 24.7 Å². The number of likely N-dealkylation sites (N-methyl/N-ethyl adjacent to an activating group) is 1. The fourth-order valence-electron chi connectivity index (χ4n) is 2.89. The largest absolute Gasteiger partial charge is 0.493 e. The lowest BCUT2D eigenvalue weighted by molar-refractivity contribution is -0.383. The smallest absolute Gasteiger partial charge is 0.292 e. The highest BCUT2D eigenvalue weighted by Crippen LogP contribution is 2.28. The van der Waals surface area contributed by atoms with E-state index in [0.29, 0.717) is 18.1 Å². The maximum atomic E-state index is 12.4. The number of hydrogen-bond donors (Lipinski definition) is 2. The van der Waals surface area contributed by atoms with Crippen LogP contribution in [0.4, 0.5) is 11.4 Å². The van der Waals surface area contributed by atoms with E-state index >= 15 is 0 Å². The lowest BCUT2D eigenvalue weighted by Crippen LogP contribution is -2.28. The Hall–Kier alpha value is -3.33. The van der Waals surface area contributed by atoms with Crippen LogP contribution in [0.25, 0.3) is 0 Å². The molecule has 2 aromatic carbocycles. The summed E-state index contributed by atoms with van der Waals surface area (Å²) in [4.78, 5) is 25.0. The quantitative estimate of drug-likeness (QED) is 0.328. The summed E-state index contributed by atoms with van der Waals surface area (Å²) in [6.45, 7) is 7.74. The van der Waals surface area contributed by atoms with Crippen LogP contribution in [-0.2, 0) is 6.54 Å². The summed E-state index contributed by atoms with van der Waals surface area (Å²) in [7, 11) is 1.56. The van der Waals surface area contributed by atoms with E-state index in [4.69, 9.17) is 15.2 Å². The number of anilines is 1. The van der Waals surface area contributed by atoms with E-state index in [9.17, 15) is 14.9 Å². The van der Waals surface area contributed by atoms with Gasteiger partial charge in [-0.05, 0) is 42.9 Å². The number of methoxy groups -OCH3 is 1. The van der Waals surface area contributed by atoms with Crippen molar-refractivity contribution in [3.63, 3.8) is 0 Å². The topological polar surface area (TPSA) is 120 Å². The Labute approximate surface area is 175 Å². The third-order valence-electron chi connectivity index (χ3n) is 4.73. The number of amides is 1. The zero-order chi connectivity index (χ0) is 22.1. The number of carbonyl (C=O) groups excluding carboxylic acids is 1. The molecule has 2 rings (SSSR count). The van der Waals surface area contributed by atoms with Gasteiger partial charge in [0.25, 0.3) is 11.6 Å². The van der Waals surface area contributed by atoms with Gasteiger partial charge in [-0.25, -0.2) is 0 Å². The predicted octanol–water partition coefficient (Wildman–Crippen LogP) is 2.84. The molecule has 0 aromatic heterocycles. The molecule has 2 aromatic rings. The van der Waals surface area contributed by atoms with Crippen LogP contribution in [0.15, 0.2) is 36.4 Å². The zero-order valence-electron chi connectivity index (χ0n) is 17.5. The number of nitrogens with zero attached hydrogens (tertiary/aromatic N) is 2. The van der Waals surface area contributed by atoms with Crippen molar-refractivity contribution in [3.05, 3.63) is 57.6 Å². The number of nitro benzene ring substituents is 1. The lowest BCUT2D eigenvalue weighted by atomic mass is 10.1. The number of carbonyl (C=O) groups is 1. The molecule has 1 amide bonds. The second-order valence-electron chi connectivity index (χ2n) is 6.57. The number of hydrogen-bond acceptors (Lipinski definition) is 7. The van der Waals surface area contributed by atoms with Crippen molar-refractivity contribution in [2.45, 2.75) is 20.4 Å². The van der Waals surface area contributed by atoms with Gasteiger partial charge in [0.2, 0.25) is 0 Å². The Morgan fingerprint density at radius 1 is 1.17 bits per heavy atom. The van der Waals surface area contributed by atoms with E-state index in [1.165, 1.54) is 12.1 Å². The summed E-state index contributed by atoms with van der Waals surface area (Å²) in [5.41, 5.74) is 6.26. The van der Waals surface area contributed by atoms with Crippen molar-refractivity contribution >= 4 is 17.3 Å². The van der Waals surface area contributed by atoms with Gasteiger partial charge in [0.15, 0.2) is 11.5 Å². The molecule has 0 saturated heterocycles. The first-order valence-electron chi connectivity index (χ1n) is 9.73. The van der Waals surface area contributed by atoms with Crippen LogP contribution in [0.3, 0.4) is 0 Å². The number of nitro groups is 1. The summed E-state index contributed by atoms with van der Waals surface area (Å²) in [6.07, 6.45) is 0. The second kappa shape index (κ2) is 11.0. The zero-order valence-corrected chi connectivity index (χ0v) is 17.5. The number of rotatable bonds is 11. The van der Waals surface area contributed by atoms with Gasteiger partial charge in [-0.2, -0.15) is 0 Å². The number of nitrogen functional groups attached to an aromatic ring is 1. The first-order chi connectivity index (χ1) is 14.4. The van der Waals surface area contributed by atoms with Crippen molar-refractivity contribution in [3.8, 4) is 11.5 Å². The minimum atomic E-state index is -0.615. The summed E-state index contributed by atoms with van der Waals surface area (Å²) in [5.74, 6) is 0.773. The predicted molar refractivity (Wildman–Crippen MR) is 115 cm³/mol. The number of nitrogens with two attached hydrogens (primary N) is 1. The Balaban J connectivity index is 1.99. The Bertz CT molecular complexity index is 884. The van der Waals surface area contributed by atoms with Crippen molar-refractivity contribution < 1.29 is 19.2 Å². The van der Waals surface area contributed by atoms with Crippen LogP contribution in [0, 0.1) is 10.1 Å². The molecular weight excluding hydrogens is 388 g/mol. The third-order valence-corrected chi connectivity index (χ3v) is 4.73. The highest BCUT2D eigenvalue weighted by molar-refractivity contribution is 5.95. The van der Waals surface area contributed by atoms with Crippen LogP contribution in [0.1, 0.15) is 29.8 Å². The minimum Gasteiger partial charge on any atom is -0.493 e. The molecule has 3 N–H and O–H groups in total.